The van der Waals surface area contributed by atoms with E-state index in [0.717, 1.165) is 13.0 Å². The number of nitrogens with zero attached hydrogens (tertiary/aromatic N) is 1. The van der Waals surface area contributed by atoms with Gasteiger partial charge in [-0.3, -0.25) is 4.98 Å². The molecule has 19 heavy (non-hydrogen) atoms. The number of aromatic nitrogens is 1. The molecule has 0 aliphatic carbocycles. The summed E-state index contributed by atoms with van der Waals surface area (Å²) in [6.07, 6.45) is 4.90. The molecule has 0 aliphatic rings. The van der Waals surface area contributed by atoms with Crippen molar-refractivity contribution in [3.05, 3.63) is 63.0 Å². The Morgan fingerprint density at radius 2 is 2.11 bits per heavy atom. The lowest BCUT2D eigenvalue weighted by atomic mass is 9.98. The highest BCUT2D eigenvalue weighted by Gasteiger charge is 2.16. The number of benzene rings is 1. The zero-order valence-electron chi connectivity index (χ0n) is 11.4. The molecule has 1 aromatic heterocycles. The standard InChI is InChI=1S/C16H19IN2/c1-3-9-19-16(13-7-5-10-18-11-13)14-8-4-6-12(2)15(14)17/h4-8,10-11,16,19H,3,9H2,1-2H3. The molecule has 0 radical (unpaired) electrons. The van der Waals surface area contributed by atoms with Crippen molar-refractivity contribution in [3.8, 4) is 0 Å². The Labute approximate surface area is 128 Å². The van der Waals surface area contributed by atoms with Gasteiger partial charge in [-0.25, -0.2) is 0 Å². The van der Waals surface area contributed by atoms with Crippen LogP contribution < -0.4 is 5.32 Å². The Morgan fingerprint density at radius 3 is 2.79 bits per heavy atom. The highest BCUT2D eigenvalue weighted by Crippen LogP contribution is 2.27. The molecule has 0 saturated carbocycles. The van der Waals surface area contributed by atoms with Crippen molar-refractivity contribution in [1.29, 1.82) is 0 Å². The molecule has 1 aromatic carbocycles. The molecule has 0 saturated heterocycles. The highest BCUT2D eigenvalue weighted by molar-refractivity contribution is 14.1. The van der Waals surface area contributed by atoms with E-state index >= 15 is 0 Å². The fourth-order valence-electron chi connectivity index (χ4n) is 2.14. The number of halogens is 1. The van der Waals surface area contributed by atoms with Gasteiger partial charge in [0.05, 0.1) is 6.04 Å². The number of pyridine rings is 1. The average Bonchev–Trinajstić information content (AvgIpc) is 2.45. The molecular formula is C16H19IN2. The summed E-state index contributed by atoms with van der Waals surface area (Å²) in [5.74, 6) is 0. The molecule has 2 aromatic rings. The first-order valence-electron chi connectivity index (χ1n) is 6.62. The smallest absolute Gasteiger partial charge is 0.0602 e. The first-order valence-corrected chi connectivity index (χ1v) is 7.70. The Bertz CT molecular complexity index is 526. The minimum atomic E-state index is 0.223. The van der Waals surface area contributed by atoms with Gasteiger partial charge in [0.25, 0.3) is 0 Å². The van der Waals surface area contributed by atoms with Gasteiger partial charge in [-0.05, 0) is 65.2 Å². The van der Waals surface area contributed by atoms with Crippen molar-refractivity contribution >= 4 is 22.6 Å². The van der Waals surface area contributed by atoms with Crippen molar-refractivity contribution in [1.82, 2.24) is 10.3 Å². The van der Waals surface area contributed by atoms with Gasteiger partial charge in [0.1, 0.15) is 0 Å². The first kappa shape index (κ1) is 14.5. The Hall–Kier alpha value is -0.940. The van der Waals surface area contributed by atoms with E-state index in [1.807, 2.05) is 18.5 Å². The quantitative estimate of drug-likeness (QED) is 0.807. The molecular weight excluding hydrogens is 347 g/mol. The zero-order valence-corrected chi connectivity index (χ0v) is 13.5. The van der Waals surface area contributed by atoms with Crippen LogP contribution in [0.5, 0.6) is 0 Å². The average molecular weight is 366 g/mol. The molecule has 100 valence electrons. The van der Waals surface area contributed by atoms with E-state index in [0.29, 0.717) is 0 Å². The Kier molecular flexibility index (Phi) is 5.34. The van der Waals surface area contributed by atoms with E-state index in [2.05, 4.69) is 71.0 Å². The van der Waals surface area contributed by atoms with Crippen molar-refractivity contribution in [2.45, 2.75) is 26.3 Å². The van der Waals surface area contributed by atoms with Gasteiger partial charge >= 0.3 is 0 Å². The maximum atomic E-state index is 4.25. The van der Waals surface area contributed by atoms with E-state index in [-0.39, 0.29) is 6.04 Å². The molecule has 1 N–H and O–H groups in total. The van der Waals surface area contributed by atoms with Gasteiger partial charge in [0.2, 0.25) is 0 Å². The summed E-state index contributed by atoms with van der Waals surface area (Å²) in [6.45, 7) is 5.35. The van der Waals surface area contributed by atoms with Crippen molar-refractivity contribution < 1.29 is 0 Å². The summed E-state index contributed by atoms with van der Waals surface area (Å²) >= 11 is 2.44. The lowest BCUT2D eigenvalue weighted by molar-refractivity contribution is 0.595. The van der Waals surface area contributed by atoms with E-state index in [1.165, 1.54) is 20.3 Å². The molecule has 1 unspecified atom stereocenters. The second-order valence-corrected chi connectivity index (χ2v) is 5.73. The third-order valence-corrected chi connectivity index (χ3v) is 4.62. The molecule has 0 fully saturated rings. The first-order chi connectivity index (χ1) is 9.24. The van der Waals surface area contributed by atoms with Gasteiger partial charge < -0.3 is 5.32 Å². The van der Waals surface area contributed by atoms with Crippen LogP contribution in [0.3, 0.4) is 0 Å². The fraction of sp³-hybridized carbons (Fsp3) is 0.312. The summed E-state index contributed by atoms with van der Waals surface area (Å²) in [4.78, 5) is 4.25. The zero-order chi connectivity index (χ0) is 13.7. The van der Waals surface area contributed by atoms with Crippen molar-refractivity contribution in [2.75, 3.05) is 6.54 Å². The van der Waals surface area contributed by atoms with Crippen LogP contribution in [0.4, 0.5) is 0 Å². The van der Waals surface area contributed by atoms with Gasteiger partial charge in [0, 0.05) is 16.0 Å². The lowest BCUT2D eigenvalue weighted by Gasteiger charge is -2.21. The minimum Gasteiger partial charge on any atom is -0.306 e. The van der Waals surface area contributed by atoms with Crippen LogP contribution in [-0.4, -0.2) is 11.5 Å². The molecule has 0 amide bonds. The van der Waals surface area contributed by atoms with E-state index in [9.17, 15) is 0 Å². The monoisotopic (exact) mass is 366 g/mol. The van der Waals surface area contributed by atoms with Crippen LogP contribution >= 0.6 is 22.6 Å². The summed E-state index contributed by atoms with van der Waals surface area (Å²) in [5.41, 5.74) is 3.88. The van der Waals surface area contributed by atoms with Crippen LogP contribution in [0, 0.1) is 10.5 Å². The summed E-state index contributed by atoms with van der Waals surface area (Å²) in [6, 6.07) is 10.8. The maximum absolute atomic E-state index is 4.25. The second-order valence-electron chi connectivity index (χ2n) is 4.65. The molecule has 3 heteroatoms. The van der Waals surface area contributed by atoms with Crippen molar-refractivity contribution in [2.24, 2.45) is 0 Å². The SMILES string of the molecule is CCCNC(c1cccnc1)c1cccc(C)c1I. The van der Waals surface area contributed by atoms with Gasteiger partial charge in [0.15, 0.2) is 0 Å². The molecule has 0 aliphatic heterocycles. The molecule has 0 spiro atoms. The predicted molar refractivity (Wildman–Crippen MR) is 88.3 cm³/mol. The Morgan fingerprint density at radius 1 is 1.26 bits per heavy atom. The number of aryl methyl sites for hydroxylation is 1. The summed E-state index contributed by atoms with van der Waals surface area (Å²) < 4.78 is 1.33. The van der Waals surface area contributed by atoms with Gasteiger partial charge in [-0.2, -0.15) is 0 Å². The summed E-state index contributed by atoms with van der Waals surface area (Å²) in [5, 5.41) is 3.63. The molecule has 0 bridgehead atoms. The molecule has 2 rings (SSSR count). The normalized spacial score (nSPS) is 12.4. The van der Waals surface area contributed by atoms with Gasteiger partial charge in [-0.1, -0.05) is 31.2 Å². The third-order valence-electron chi connectivity index (χ3n) is 3.15. The summed E-state index contributed by atoms with van der Waals surface area (Å²) in [7, 11) is 0. The van der Waals surface area contributed by atoms with Crippen LogP contribution in [0.25, 0.3) is 0 Å². The van der Waals surface area contributed by atoms with Crippen LogP contribution in [-0.2, 0) is 0 Å². The minimum absolute atomic E-state index is 0.223. The number of rotatable bonds is 5. The number of nitrogens with one attached hydrogen (secondary N) is 1. The van der Waals surface area contributed by atoms with E-state index in [4.69, 9.17) is 0 Å². The highest BCUT2D eigenvalue weighted by atomic mass is 127. The lowest BCUT2D eigenvalue weighted by Crippen LogP contribution is -2.24. The van der Waals surface area contributed by atoms with E-state index < -0.39 is 0 Å². The fourth-order valence-corrected chi connectivity index (χ4v) is 2.81. The van der Waals surface area contributed by atoms with E-state index in [1.54, 1.807) is 0 Å². The molecule has 1 atom stereocenters. The van der Waals surface area contributed by atoms with Crippen molar-refractivity contribution in [3.63, 3.8) is 0 Å². The Balaban J connectivity index is 2.40. The van der Waals surface area contributed by atoms with Crippen LogP contribution in [0.15, 0.2) is 42.7 Å². The topological polar surface area (TPSA) is 24.9 Å². The number of hydrogen-bond donors (Lipinski definition) is 1. The molecule has 1 heterocycles. The van der Waals surface area contributed by atoms with Crippen LogP contribution in [0.1, 0.15) is 36.1 Å². The predicted octanol–water partition coefficient (Wildman–Crippen LogP) is 4.08. The van der Waals surface area contributed by atoms with Gasteiger partial charge in [-0.15, -0.1) is 0 Å². The van der Waals surface area contributed by atoms with Crippen LogP contribution in [0.2, 0.25) is 0 Å². The largest absolute Gasteiger partial charge is 0.306 e. The molecule has 2 nitrogen and oxygen atoms in total. The third kappa shape index (κ3) is 3.54. The maximum Gasteiger partial charge on any atom is 0.0602 e. The number of hydrogen-bond acceptors (Lipinski definition) is 2. The second kappa shape index (κ2) is 7.01.